The second-order valence-electron chi connectivity index (χ2n) is 6.02. The van der Waals surface area contributed by atoms with Crippen molar-refractivity contribution in [3.63, 3.8) is 0 Å². The number of thiophene rings is 1. The molecule has 0 spiro atoms. The Balaban J connectivity index is 1.70. The van der Waals surface area contributed by atoms with Crippen LogP contribution in [-0.2, 0) is 19.5 Å². The van der Waals surface area contributed by atoms with Crippen LogP contribution in [0, 0.1) is 0 Å². The third kappa shape index (κ3) is 2.68. The molecule has 0 aliphatic carbocycles. The summed E-state index contributed by atoms with van der Waals surface area (Å²) in [4.78, 5) is 33.4. The minimum Gasteiger partial charge on any atom is -0.333 e. The van der Waals surface area contributed by atoms with Crippen LogP contribution in [0.3, 0.4) is 0 Å². The van der Waals surface area contributed by atoms with Crippen LogP contribution in [0.4, 0.5) is 0 Å². The molecule has 0 bridgehead atoms. The van der Waals surface area contributed by atoms with Gasteiger partial charge >= 0.3 is 0 Å². The monoisotopic (exact) mass is 351 g/mol. The minimum absolute atomic E-state index is 0.0229. The van der Waals surface area contributed by atoms with E-state index in [1.165, 1.54) is 11.3 Å². The number of amides is 1. The van der Waals surface area contributed by atoms with Gasteiger partial charge in [0.05, 0.1) is 18.3 Å². The number of allylic oxidation sites excluding steroid dienone is 1. The van der Waals surface area contributed by atoms with Gasteiger partial charge in [0.25, 0.3) is 11.5 Å². The molecule has 25 heavy (non-hydrogen) atoms. The fourth-order valence-corrected chi connectivity index (χ4v) is 4.42. The first-order valence-corrected chi connectivity index (χ1v) is 8.95. The number of carbonyl (C=O) groups excluding carboxylic acids is 1. The third-order valence-electron chi connectivity index (χ3n) is 4.46. The molecule has 1 aliphatic rings. The van der Waals surface area contributed by atoms with Crippen molar-refractivity contribution in [2.45, 2.75) is 19.5 Å². The van der Waals surface area contributed by atoms with Gasteiger partial charge in [0.1, 0.15) is 4.83 Å². The van der Waals surface area contributed by atoms with Crippen molar-refractivity contribution in [1.29, 1.82) is 0 Å². The first-order chi connectivity index (χ1) is 12.2. The normalized spacial score (nSPS) is 13.7. The fourth-order valence-electron chi connectivity index (χ4n) is 3.22. The Morgan fingerprint density at radius 3 is 2.88 bits per heavy atom. The smallest absolute Gasteiger partial charge is 0.262 e. The fraction of sp³-hybridized carbons (Fsp3) is 0.211. The van der Waals surface area contributed by atoms with E-state index in [-0.39, 0.29) is 11.5 Å². The lowest BCUT2D eigenvalue weighted by molar-refractivity contribution is 0.0737. The first-order valence-electron chi connectivity index (χ1n) is 8.14. The third-order valence-corrected chi connectivity index (χ3v) is 5.59. The molecular weight excluding hydrogens is 334 g/mol. The summed E-state index contributed by atoms with van der Waals surface area (Å²) in [5, 5.41) is 0.705. The predicted octanol–water partition coefficient (Wildman–Crippen LogP) is 2.84. The van der Waals surface area contributed by atoms with Gasteiger partial charge in [-0.05, 0) is 24.1 Å². The Kier molecular flexibility index (Phi) is 3.97. The summed E-state index contributed by atoms with van der Waals surface area (Å²) in [5.74, 6) is 0.0285. The lowest BCUT2D eigenvalue weighted by Gasteiger charge is -2.27. The molecule has 0 saturated carbocycles. The predicted molar refractivity (Wildman–Crippen MR) is 99.0 cm³/mol. The van der Waals surface area contributed by atoms with Crippen molar-refractivity contribution in [3.05, 3.63) is 75.7 Å². The molecule has 3 heterocycles. The Hall–Kier alpha value is -2.73. The van der Waals surface area contributed by atoms with Gasteiger partial charge in [0.2, 0.25) is 0 Å². The summed E-state index contributed by atoms with van der Waals surface area (Å²) in [6.45, 7) is 5.28. The van der Waals surface area contributed by atoms with Crippen LogP contribution in [0.25, 0.3) is 10.2 Å². The van der Waals surface area contributed by atoms with E-state index < -0.39 is 0 Å². The average molecular weight is 351 g/mol. The maximum Gasteiger partial charge on any atom is 0.262 e. The topological polar surface area (TPSA) is 55.2 Å². The molecule has 5 nitrogen and oxygen atoms in total. The lowest BCUT2D eigenvalue weighted by Crippen LogP contribution is -2.35. The maximum absolute atomic E-state index is 12.7. The van der Waals surface area contributed by atoms with E-state index in [4.69, 9.17) is 0 Å². The van der Waals surface area contributed by atoms with Crippen LogP contribution in [0.15, 0.2) is 54.1 Å². The summed E-state index contributed by atoms with van der Waals surface area (Å²) < 4.78 is 1.57. The van der Waals surface area contributed by atoms with Crippen molar-refractivity contribution in [2.75, 3.05) is 6.54 Å². The molecule has 6 heteroatoms. The molecule has 0 saturated heterocycles. The molecule has 1 aromatic carbocycles. The van der Waals surface area contributed by atoms with E-state index in [9.17, 15) is 9.59 Å². The summed E-state index contributed by atoms with van der Waals surface area (Å²) in [7, 11) is 0. The van der Waals surface area contributed by atoms with E-state index in [0.717, 1.165) is 15.3 Å². The number of fused-ring (bicyclic) bond motifs is 3. The van der Waals surface area contributed by atoms with Crippen molar-refractivity contribution >= 4 is 27.5 Å². The van der Waals surface area contributed by atoms with Crippen molar-refractivity contribution < 1.29 is 4.79 Å². The number of benzene rings is 1. The number of aromatic nitrogens is 2. The highest BCUT2D eigenvalue weighted by atomic mass is 32.1. The van der Waals surface area contributed by atoms with E-state index in [2.05, 4.69) is 11.6 Å². The van der Waals surface area contributed by atoms with E-state index >= 15 is 0 Å². The largest absolute Gasteiger partial charge is 0.333 e. The Labute approximate surface area is 148 Å². The molecule has 1 aliphatic heterocycles. The number of nitrogens with zero attached hydrogens (tertiary/aromatic N) is 3. The standard InChI is InChI=1S/C19H17N3O2S/c1-2-9-22-12-20-17-16(19(22)24)14-8-10-21(11-15(14)25-17)18(23)13-6-4-3-5-7-13/h2-7,12H,1,8-11H2. The number of carbonyl (C=O) groups is 1. The van der Waals surface area contributed by atoms with Crippen molar-refractivity contribution in [3.8, 4) is 0 Å². The summed E-state index contributed by atoms with van der Waals surface area (Å²) in [6, 6.07) is 9.30. The molecule has 0 atom stereocenters. The molecular formula is C19H17N3O2S. The highest BCUT2D eigenvalue weighted by Gasteiger charge is 2.26. The van der Waals surface area contributed by atoms with Crippen LogP contribution in [0.2, 0.25) is 0 Å². The molecule has 126 valence electrons. The van der Waals surface area contributed by atoms with Gasteiger partial charge in [-0.3, -0.25) is 14.2 Å². The Bertz CT molecular complexity index is 1020. The molecule has 0 radical (unpaired) electrons. The van der Waals surface area contributed by atoms with E-state index in [1.54, 1.807) is 17.0 Å². The van der Waals surface area contributed by atoms with Crippen LogP contribution in [0.1, 0.15) is 20.8 Å². The van der Waals surface area contributed by atoms with Crippen molar-refractivity contribution in [2.24, 2.45) is 0 Å². The minimum atomic E-state index is -0.0229. The molecule has 0 N–H and O–H groups in total. The Morgan fingerprint density at radius 1 is 1.32 bits per heavy atom. The number of rotatable bonds is 3. The molecule has 0 unspecified atom stereocenters. The number of hydrogen-bond donors (Lipinski definition) is 0. The van der Waals surface area contributed by atoms with Gasteiger partial charge in [-0.15, -0.1) is 17.9 Å². The maximum atomic E-state index is 12.7. The van der Waals surface area contributed by atoms with Gasteiger partial charge in [-0.2, -0.15) is 0 Å². The SMILES string of the molecule is C=CCn1cnc2sc3c(c2c1=O)CCN(C(=O)c1ccccc1)C3. The summed E-state index contributed by atoms with van der Waals surface area (Å²) in [5.41, 5.74) is 1.72. The van der Waals surface area contributed by atoms with Gasteiger partial charge < -0.3 is 4.90 Å². The van der Waals surface area contributed by atoms with Gasteiger partial charge in [0.15, 0.2) is 0 Å². The van der Waals surface area contributed by atoms with Crippen LogP contribution in [0.5, 0.6) is 0 Å². The summed E-state index contributed by atoms with van der Waals surface area (Å²) >= 11 is 1.51. The second-order valence-corrected chi connectivity index (χ2v) is 7.10. The van der Waals surface area contributed by atoms with Crippen molar-refractivity contribution in [1.82, 2.24) is 14.5 Å². The molecule has 3 aromatic rings. The van der Waals surface area contributed by atoms with Gasteiger partial charge in [-0.1, -0.05) is 24.3 Å². The molecule has 0 fully saturated rings. The van der Waals surface area contributed by atoms with Crippen LogP contribution >= 0.6 is 11.3 Å². The lowest BCUT2D eigenvalue weighted by atomic mass is 10.0. The zero-order valence-electron chi connectivity index (χ0n) is 13.6. The number of hydrogen-bond acceptors (Lipinski definition) is 4. The second kappa shape index (κ2) is 6.29. The van der Waals surface area contributed by atoms with Crippen LogP contribution < -0.4 is 5.56 Å². The molecule has 1 amide bonds. The summed E-state index contributed by atoms with van der Waals surface area (Å²) in [6.07, 6.45) is 3.94. The zero-order valence-corrected chi connectivity index (χ0v) is 14.5. The average Bonchev–Trinajstić information content (AvgIpc) is 3.02. The highest BCUT2D eigenvalue weighted by Crippen LogP contribution is 2.32. The molecule has 4 rings (SSSR count). The zero-order chi connectivity index (χ0) is 17.4. The highest BCUT2D eigenvalue weighted by molar-refractivity contribution is 7.18. The van der Waals surface area contributed by atoms with E-state index in [1.807, 2.05) is 35.2 Å². The molecule has 2 aromatic heterocycles. The van der Waals surface area contributed by atoms with Gasteiger partial charge in [0, 0.05) is 23.5 Å². The van der Waals surface area contributed by atoms with Gasteiger partial charge in [-0.25, -0.2) is 4.98 Å². The quantitative estimate of drug-likeness (QED) is 0.682. The Morgan fingerprint density at radius 2 is 2.12 bits per heavy atom. The van der Waals surface area contributed by atoms with E-state index in [0.29, 0.717) is 37.0 Å². The first kappa shape index (κ1) is 15.8. The van der Waals surface area contributed by atoms with Crippen LogP contribution in [-0.4, -0.2) is 26.9 Å².